The number of carbonyl (C=O) groups excluding carboxylic acids is 1. The topological polar surface area (TPSA) is 101 Å². The fourth-order valence-electron chi connectivity index (χ4n) is 1.80. The normalized spacial score (nSPS) is 10.4. The summed E-state index contributed by atoms with van der Waals surface area (Å²) in [6, 6.07) is 8.63. The van der Waals surface area contributed by atoms with Crippen molar-refractivity contribution in [3.8, 4) is 23.5 Å². The number of para-hydroxylation sites is 1. The number of hydrogen-bond donors (Lipinski definition) is 0. The predicted molar refractivity (Wildman–Crippen MR) is 91.8 cm³/mol. The average Bonchev–Trinajstić information content (AvgIpc) is 2.66. The minimum Gasteiger partial charge on any atom is -0.481 e. The molecule has 0 aliphatic heterocycles. The number of rotatable bonds is 9. The molecule has 0 N–H and O–H groups in total. The van der Waals surface area contributed by atoms with Crippen molar-refractivity contribution >= 4 is 12.2 Å². The molecule has 2 rings (SSSR count). The molecule has 9 nitrogen and oxygen atoms in total. The highest BCUT2D eigenvalue weighted by Gasteiger charge is 2.10. The minimum absolute atomic E-state index is 0.0505. The Morgan fingerprint density at radius 3 is 2.50 bits per heavy atom. The molecular formula is C17H19N3O6. The molecular weight excluding hydrogens is 342 g/mol. The number of nitrogens with zero attached hydrogens (tertiary/aromatic N) is 3. The molecule has 138 valence electrons. The van der Waals surface area contributed by atoms with Gasteiger partial charge in [-0.05, 0) is 19.1 Å². The second-order valence-electron chi connectivity index (χ2n) is 4.69. The summed E-state index contributed by atoms with van der Waals surface area (Å²) in [4.78, 5) is 24.3. The van der Waals surface area contributed by atoms with Gasteiger partial charge < -0.3 is 23.8 Å². The summed E-state index contributed by atoms with van der Waals surface area (Å²) < 4.78 is 20.6. The van der Waals surface area contributed by atoms with Gasteiger partial charge in [0.05, 0.1) is 33.1 Å². The van der Waals surface area contributed by atoms with E-state index < -0.39 is 5.97 Å². The number of ether oxygens (including phenoxy) is 4. The Balaban J connectivity index is 2.10. The summed E-state index contributed by atoms with van der Waals surface area (Å²) in [6.45, 7) is 1.72. The van der Waals surface area contributed by atoms with Crippen LogP contribution in [0.1, 0.15) is 12.5 Å². The third-order valence-corrected chi connectivity index (χ3v) is 2.95. The van der Waals surface area contributed by atoms with E-state index in [1.165, 1.54) is 26.5 Å². The zero-order valence-electron chi connectivity index (χ0n) is 14.7. The molecule has 0 saturated heterocycles. The molecule has 0 spiro atoms. The molecule has 26 heavy (non-hydrogen) atoms. The number of oxime groups is 1. The molecule has 0 amide bonds. The maximum Gasteiger partial charge on any atom is 0.347 e. The molecule has 0 atom stereocenters. The molecule has 0 unspecified atom stereocenters. The first-order valence-electron chi connectivity index (χ1n) is 7.71. The van der Waals surface area contributed by atoms with Gasteiger partial charge in [-0.3, -0.25) is 0 Å². The molecule has 1 aromatic carbocycles. The molecule has 1 heterocycles. The zero-order chi connectivity index (χ0) is 18.8. The van der Waals surface area contributed by atoms with E-state index in [4.69, 9.17) is 23.8 Å². The van der Waals surface area contributed by atoms with Gasteiger partial charge in [-0.15, -0.1) is 0 Å². The highest BCUT2D eigenvalue weighted by Crippen LogP contribution is 2.25. The van der Waals surface area contributed by atoms with E-state index in [-0.39, 0.29) is 19.2 Å². The van der Waals surface area contributed by atoms with Gasteiger partial charge in [0.2, 0.25) is 18.4 Å². The third-order valence-electron chi connectivity index (χ3n) is 2.95. The van der Waals surface area contributed by atoms with Gasteiger partial charge in [0.15, 0.2) is 0 Å². The Morgan fingerprint density at radius 2 is 1.85 bits per heavy atom. The Kier molecular flexibility index (Phi) is 7.17. The second kappa shape index (κ2) is 9.82. The van der Waals surface area contributed by atoms with Crippen molar-refractivity contribution in [1.29, 1.82) is 0 Å². The van der Waals surface area contributed by atoms with Gasteiger partial charge in [-0.1, -0.05) is 17.3 Å². The van der Waals surface area contributed by atoms with E-state index in [9.17, 15) is 4.79 Å². The first-order chi connectivity index (χ1) is 12.7. The molecule has 0 radical (unpaired) electrons. The maximum absolute atomic E-state index is 11.2. The molecule has 9 heteroatoms. The van der Waals surface area contributed by atoms with E-state index in [1.54, 1.807) is 31.2 Å². The molecule has 0 aliphatic carbocycles. The number of hydrogen-bond acceptors (Lipinski definition) is 9. The molecule has 2 aromatic rings. The lowest BCUT2D eigenvalue weighted by molar-refractivity contribution is -0.148. The Bertz CT molecular complexity index is 744. The van der Waals surface area contributed by atoms with Crippen LogP contribution >= 0.6 is 0 Å². The van der Waals surface area contributed by atoms with E-state index in [1.807, 2.05) is 0 Å². The number of esters is 1. The average molecular weight is 361 g/mol. The van der Waals surface area contributed by atoms with E-state index >= 15 is 0 Å². The quantitative estimate of drug-likeness (QED) is 0.381. The predicted octanol–water partition coefficient (Wildman–Crippen LogP) is 2.20. The maximum atomic E-state index is 11.2. The highest BCUT2D eigenvalue weighted by molar-refractivity contribution is 5.83. The molecule has 0 saturated carbocycles. The lowest BCUT2D eigenvalue weighted by Gasteiger charge is -2.09. The Labute approximate surface area is 150 Å². The number of methoxy groups -OCH3 is 2. The van der Waals surface area contributed by atoms with E-state index in [2.05, 4.69) is 15.1 Å². The van der Waals surface area contributed by atoms with Crippen molar-refractivity contribution in [2.75, 3.05) is 27.4 Å². The largest absolute Gasteiger partial charge is 0.481 e. The minimum atomic E-state index is -0.494. The van der Waals surface area contributed by atoms with Crippen LogP contribution in [0, 0.1) is 0 Å². The number of benzene rings is 1. The van der Waals surface area contributed by atoms with Crippen molar-refractivity contribution in [3.05, 3.63) is 35.9 Å². The van der Waals surface area contributed by atoms with Crippen LogP contribution in [0.2, 0.25) is 0 Å². The van der Waals surface area contributed by atoms with Crippen LogP contribution in [0.4, 0.5) is 0 Å². The van der Waals surface area contributed by atoms with Crippen LogP contribution in [0.5, 0.6) is 23.5 Å². The molecule has 0 aliphatic rings. The molecule has 0 bridgehead atoms. The van der Waals surface area contributed by atoms with E-state index in [0.29, 0.717) is 23.1 Å². The second-order valence-corrected chi connectivity index (χ2v) is 4.69. The van der Waals surface area contributed by atoms with Crippen molar-refractivity contribution in [2.24, 2.45) is 5.16 Å². The zero-order valence-corrected chi connectivity index (χ0v) is 14.7. The van der Waals surface area contributed by atoms with Crippen molar-refractivity contribution in [2.45, 2.75) is 6.92 Å². The van der Waals surface area contributed by atoms with Crippen molar-refractivity contribution in [1.82, 2.24) is 9.97 Å². The van der Waals surface area contributed by atoms with Gasteiger partial charge in [0, 0.05) is 5.56 Å². The lowest BCUT2D eigenvalue weighted by atomic mass is 10.2. The van der Waals surface area contributed by atoms with Gasteiger partial charge in [-0.25, -0.2) is 4.79 Å². The van der Waals surface area contributed by atoms with Crippen LogP contribution < -0.4 is 14.2 Å². The third kappa shape index (κ3) is 5.62. The van der Waals surface area contributed by atoms with Crippen LogP contribution in [0.25, 0.3) is 0 Å². The summed E-state index contributed by atoms with van der Waals surface area (Å²) >= 11 is 0. The number of aromatic nitrogens is 2. The summed E-state index contributed by atoms with van der Waals surface area (Å²) in [5.74, 6) is 0.545. The number of carbonyl (C=O) groups is 1. The summed E-state index contributed by atoms with van der Waals surface area (Å²) in [5.41, 5.74) is 0.599. The fraction of sp³-hybridized carbons (Fsp3) is 0.294. The van der Waals surface area contributed by atoms with Gasteiger partial charge >= 0.3 is 12.0 Å². The summed E-state index contributed by atoms with van der Waals surface area (Å²) in [5, 5.41) is 3.74. The van der Waals surface area contributed by atoms with Crippen molar-refractivity contribution < 1.29 is 28.6 Å². The van der Waals surface area contributed by atoms with Crippen LogP contribution in [0.15, 0.2) is 35.5 Å². The van der Waals surface area contributed by atoms with Gasteiger partial charge in [-0.2, -0.15) is 9.97 Å². The Hall–Kier alpha value is -3.36. The lowest BCUT2D eigenvalue weighted by Crippen LogP contribution is -2.10. The first kappa shape index (κ1) is 19.0. The standard InChI is InChI=1S/C17H19N3O6/c1-4-24-16(21)11-25-18-10-12-7-5-6-8-13(12)26-17-19-14(22-2)9-15(20-17)23-3/h5-10H,4,11H2,1-3H3. The highest BCUT2D eigenvalue weighted by atomic mass is 16.6. The van der Waals surface area contributed by atoms with Crippen LogP contribution in [-0.2, 0) is 14.4 Å². The molecule has 1 aromatic heterocycles. The van der Waals surface area contributed by atoms with Gasteiger partial charge in [0.1, 0.15) is 5.75 Å². The van der Waals surface area contributed by atoms with Crippen LogP contribution in [-0.4, -0.2) is 49.6 Å². The summed E-state index contributed by atoms with van der Waals surface area (Å²) in [6.07, 6.45) is 1.41. The SMILES string of the molecule is CCOC(=O)CON=Cc1ccccc1Oc1nc(OC)cc(OC)n1. The first-order valence-corrected chi connectivity index (χ1v) is 7.71. The fourth-order valence-corrected chi connectivity index (χ4v) is 1.80. The summed E-state index contributed by atoms with van der Waals surface area (Å²) in [7, 11) is 2.96. The van der Waals surface area contributed by atoms with Crippen molar-refractivity contribution in [3.63, 3.8) is 0 Å². The van der Waals surface area contributed by atoms with Gasteiger partial charge in [0.25, 0.3) is 0 Å². The van der Waals surface area contributed by atoms with Crippen LogP contribution in [0.3, 0.4) is 0 Å². The van der Waals surface area contributed by atoms with E-state index in [0.717, 1.165) is 0 Å². The smallest absolute Gasteiger partial charge is 0.347 e. The molecule has 0 fully saturated rings. The monoisotopic (exact) mass is 361 g/mol. The Morgan fingerprint density at radius 1 is 1.15 bits per heavy atom.